The van der Waals surface area contributed by atoms with Crippen molar-refractivity contribution in [2.75, 3.05) is 24.5 Å². The lowest BCUT2D eigenvalue weighted by Gasteiger charge is -2.37. The number of hydrogen-bond acceptors (Lipinski definition) is 3. The van der Waals surface area contributed by atoms with E-state index in [4.69, 9.17) is 0 Å². The molecule has 2 aliphatic rings. The Morgan fingerprint density at radius 1 is 0.926 bits per heavy atom. The summed E-state index contributed by atoms with van der Waals surface area (Å²) in [5, 5.41) is 0. The average molecular weight is 364 g/mol. The minimum Gasteiger partial charge on any atom is -0.370 e. The highest BCUT2D eigenvalue weighted by molar-refractivity contribution is 5.79. The number of carbonyl (C=O) groups is 1. The molecule has 0 N–H and O–H groups in total. The molecule has 0 spiro atoms. The van der Waals surface area contributed by atoms with Crippen LogP contribution in [0.1, 0.15) is 37.7 Å². The van der Waals surface area contributed by atoms with E-state index in [2.05, 4.69) is 45.1 Å². The second-order valence-corrected chi connectivity index (χ2v) is 7.88. The molecule has 0 unspecified atom stereocenters. The number of benzene rings is 1. The second kappa shape index (κ2) is 8.55. The SMILES string of the molecule is O=C1[C@H](C2CCN(c3cccnc3)CC2)CCCCN1Cc1ccccc1. The van der Waals surface area contributed by atoms with Crippen molar-refractivity contribution in [1.82, 2.24) is 9.88 Å². The van der Waals surface area contributed by atoms with E-state index in [-0.39, 0.29) is 5.92 Å². The Morgan fingerprint density at radius 3 is 2.48 bits per heavy atom. The number of nitrogens with zero attached hydrogens (tertiary/aromatic N) is 3. The lowest BCUT2D eigenvalue weighted by Crippen LogP contribution is -2.42. The maximum Gasteiger partial charge on any atom is 0.226 e. The van der Waals surface area contributed by atoms with Gasteiger partial charge in [-0.15, -0.1) is 0 Å². The third kappa shape index (κ3) is 4.32. The fraction of sp³-hybridized carbons (Fsp3) is 0.478. The summed E-state index contributed by atoms with van der Waals surface area (Å²) in [6, 6.07) is 14.5. The molecule has 2 fully saturated rings. The predicted octanol–water partition coefficient (Wildman–Crippen LogP) is 4.13. The molecule has 2 aliphatic heterocycles. The van der Waals surface area contributed by atoms with E-state index in [0.29, 0.717) is 11.8 Å². The maximum absolute atomic E-state index is 13.3. The van der Waals surface area contributed by atoms with Gasteiger partial charge in [-0.25, -0.2) is 0 Å². The van der Waals surface area contributed by atoms with Gasteiger partial charge in [0.05, 0.1) is 11.9 Å². The van der Waals surface area contributed by atoms with Gasteiger partial charge in [-0.3, -0.25) is 9.78 Å². The summed E-state index contributed by atoms with van der Waals surface area (Å²) in [7, 11) is 0. The van der Waals surface area contributed by atoms with Crippen molar-refractivity contribution in [3.8, 4) is 0 Å². The molecular formula is C23H29N3O. The number of aromatic nitrogens is 1. The predicted molar refractivity (Wildman–Crippen MR) is 108 cm³/mol. The van der Waals surface area contributed by atoms with Crippen molar-refractivity contribution >= 4 is 11.6 Å². The van der Waals surface area contributed by atoms with E-state index in [0.717, 1.165) is 51.9 Å². The highest BCUT2D eigenvalue weighted by atomic mass is 16.2. The molecule has 4 nitrogen and oxygen atoms in total. The molecule has 3 heterocycles. The molecule has 1 aromatic carbocycles. The van der Waals surface area contributed by atoms with Crippen LogP contribution >= 0.6 is 0 Å². The smallest absolute Gasteiger partial charge is 0.226 e. The van der Waals surface area contributed by atoms with E-state index in [1.165, 1.54) is 17.7 Å². The molecule has 4 heteroatoms. The van der Waals surface area contributed by atoms with Crippen LogP contribution in [0.5, 0.6) is 0 Å². The summed E-state index contributed by atoms with van der Waals surface area (Å²) < 4.78 is 0. The molecule has 27 heavy (non-hydrogen) atoms. The number of pyridine rings is 1. The Kier molecular flexibility index (Phi) is 5.71. The maximum atomic E-state index is 13.3. The van der Waals surface area contributed by atoms with Crippen LogP contribution in [-0.2, 0) is 11.3 Å². The third-order valence-corrected chi connectivity index (χ3v) is 6.16. The molecule has 2 saturated heterocycles. The summed E-state index contributed by atoms with van der Waals surface area (Å²) in [5.41, 5.74) is 2.44. The van der Waals surface area contributed by atoms with Gasteiger partial charge < -0.3 is 9.80 Å². The summed E-state index contributed by atoms with van der Waals surface area (Å²) in [6.45, 7) is 3.71. The summed E-state index contributed by atoms with van der Waals surface area (Å²) >= 11 is 0. The molecule has 142 valence electrons. The van der Waals surface area contributed by atoms with Gasteiger partial charge in [-0.1, -0.05) is 36.8 Å². The van der Waals surface area contributed by atoms with Crippen LogP contribution in [0, 0.1) is 11.8 Å². The van der Waals surface area contributed by atoms with E-state index in [9.17, 15) is 4.79 Å². The largest absolute Gasteiger partial charge is 0.370 e. The van der Waals surface area contributed by atoms with E-state index in [1.807, 2.05) is 24.5 Å². The van der Waals surface area contributed by atoms with Crippen molar-refractivity contribution in [1.29, 1.82) is 0 Å². The standard InChI is InChI=1S/C23H29N3O/c27-23-22(10-4-5-14-26(23)18-19-7-2-1-3-8-19)20-11-15-25(16-12-20)21-9-6-13-24-17-21/h1-3,6-9,13,17,20,22H,4-5,10-12,14-16,18H2/t22-/m0/s1. The van der Waals surface area contributed by atoms with Gasteiger partial charge in [0.25, 0.3) is 0 Å². The number of likely N-dealkylation sites (tertiary alicyclic amines) is 1. The van der Waals surface area contributed by atoms with Crippen LogP contribution in [0.4, 0.5) is 5.69 Å². The zero-order valence-electron chi connectivity index (χ0n) is 16.0. The number of amides is 1. The fourth-order valence-electron chi connectivity index (χ4n) is 4.63. The Labute approximate surface area is 162 Å². The Morgan fingerprint density at radius 2 is 1.74 bits per heavy atom. The minimum atomic E-state index is 0.201. The minimum absolute atomic E-state index is 0.201. The Bertz CT molecular complexity index is 726. The first kappa shape index (κ1) is 18.0. The first-order valence-corrected chi connectivity index (χ1v) is 10.3. The van der Waals surface area contributed by atoms with Crippen molar-refractivity contribution in [3.05, 3.63) is 60.4 Å². The average Bonchev–Trinajstić information content (AvgIpc) is 2.91. The fourth-order valence-corrected chi connectivity index (χ4v) is 4.63. The van der Waals surface area contributed by atoms with Gasteiger partial charge in [0.2, 0.25) is 5.91 Å². The molecular weight excluding hydrogens is 334 g/mol. The number of hydrogen-bond donors (Lipinski definition) is 0. The quantitative estimate of drug-likeness (QED) is 0.820. The topological polar surface area (TPSA) is 36.4 Å². The lowest BCUT2D eigenvalue weighted by molar-refractivity contribution is -0.137. The summed E-state index contributed by atoms with van der Waals surface area (Å²) in [6.07, 6.45) is 9.32. The lowest BCUT2D eigenvalue weighted by atomic mass is 9.81. The Balaban J connectivity index is 1.40. The Hall–Kier alpha value is -2.36. The zero-order valence-corrected chi connectivity index (χ0v) is 16.0. The van der Waals surface area contributed by atoms with Crippen LogP contribution in [-0.4, -0.2) is 35.4 Å². The molecule has 4 rings (SSSR count). The first-order chi connectivity index (χ1) is 13.3. The molecule has 0 aliphatic carbocycles. The van der Waals surface area contributed by atoms with Gasteiger partial charge in [-0.05, 0) is 49.3 Å². The van der Waals surface area contributed by atoms with E-state index in [1.54, 1.807) is 0 Å². The summed E-state index contributed by atoms with van der Waals surface area (Å²) in [4.78, 5) is 22.1. The van der Waals surface area contributed by atoms with Crippen LogP contribution in [0.2, 0.25) is 0 Å². The van der Waals surface area contributed by atoms with Crippen molar-refractivity contribution in [3.63, 3.8) is 0 Å². The van der Waals surface area contributed by atoms with Crippen LogP contribution in [0.3, 0.4) is 0 Å². The number of piperidine rings is 1. The molecule has 2 aromatic rings. The van der Waals surface area contributed by atoms with Gasteiger partial charge in [0.15, 0.2) is 0 Å². The van der Waals surface area contributed by atoms with Crippen LogP contribution in [0.25, 0.3) is 0 Å². The third-order valence-electron chi connectivity index (χ3n) is 6.16. The van der Waals surface area contributed by atoms with Gasteiger partial charge >= 0.3 is 0 Å². The monoisotopic (exact) mass is 363 g/mol. The molecule has 1 atom stereocenters. The molecule has 1 amide bonds. The van der Waals surface area contributed by atoms with Crippen molar-refractivity contribution < 1.29 is 4.79 Å². The van der Waals surface area contributed by atoms with E-state index >= 15 is 0 Å². The van der Waals surface area contributed by atoms with Crippen molar-refractivity contribution in [2.45, 2.75) is 38.6 Å². The molecule has 0 saturated carbocycles. The van der Waals surface area contributed by atoms with Gasteiger partial charge in [0.1, 0.15) is 0 Å². The number of carbonyl (C=O) groups excluding carboxylic acids is 1. The highest BCUT2D eigenvalue weighted by Gasteiger charge is 2.35. The molecule has 0 bridgehead atoms. The van der Waals surface area contributed by atoms with Gasteiger partial charge in [-0.2, -0.15) is 0 Å². The normalized spacial score (nSPS) is 21.9. The van der Waals surface area contributed by atoms with Crippen LogP contribution < -0.4 is 4.90 Å². The molecule has 0 radical (unpaired) electrons. The molecule has 1 aromatic heterocycles. The zero-order chi connectivity index (χ0) is 18.5. The van der Waals surface area contributed by atoms with Gasteiger partial charge in [0, 0.05) is 38.3 Å². The highest BCUT2D eigenvalue weighted by Crippen LogP contribution is 2.33. The van der Waals surface area contributed by atoms with E-state index < -0.39 is 0 Å². The number of rotatable bonds is 4. The second-order valence-electron chi connectivity index (χ2n) is 7.88. The first-order valence-electron chi connectivity index (χ1n) is 10.3. The summed E-state index contributed by atoms with van der Waals surface area (Å²) in [5.74, 6) is 1.10. The van der Waals surface area contributed by atoms with Crippen molar-refractivity contribution in [2.24, 2.45) is 11.8 Å². The van der Waals surface area contributed by atoms with Crippen LogP contribution in [0.15, 0.2) is 54.9 Å². The number of anilines is 1.